The lowest BCUT2D eigenvalue weighted by Crippen LogP contribution is -2.04. The van der Waals surface area contributed by atoms with E-state index in [0.29, 0.717) is 54.5 Å². The molecule has 1 N–H and O–H groups in total. The standard InChI is InChI=1S/C19H15Br2ClO4/c1-3-14-16(11-5-4-9(19(22)24)8-15(11)26-14)17(23)10-6-12(20)18(25-2)13(21)7-10/h4-8,19,24H,3H2,1-2H3. The molecular weight excluding hydrogens is 487 g/mol. The third kappa shape index (κ3) is 3.43. The van der Waals surface area contributed by atoms with Crippen LogP contribution in [0.4, 0.5) is 0 Å². The normalized spacial score (nSPS) is 12.4. The predicted octanol–water partition coefficient (Wildman–Crippen LogP) is 5.99. The highest BCUT2D eigenvalue weighted by Crippen LogP contribution is 2.37. The number of aliphatic hydroxyl groups is 1. The van der Waals surface area contributed by atoms with E-state index in [-0.39, 0.29) is 5.78 Å². The summed E-state index contributed by atoms with van der Waals surface area (Å²) in [6, 6.07) is 8.54. The van der Waals surface area contributed by atoms with E-state index in [1.54, 1.807) is 37.4 Å². The molecule has 0 saturated carbocycles. The van der Waals surface area contributed by atoms with Gasteiger partial charge in [-0.2, -0.15) is 0 Å². The van der Waals surface area contributed by atoms with Gasteiger partial charge in [0.1, 0.15) is 17.1 Å². The molecule has 1 heterocycles. The third-order valence-electron chi connectivity index (χ3n) is 4.07. The summed E-state index contributed by atoms with van der Waals surface area (Å²) in [7, 11) is 1.56. The van der Waals surface area contributed by atoms with Gasteiger partial charge < -0.3 is 14.3 Å². The van der Waals surface area contributed by atoms with E-state index in [9.17, 15) is 9.90 Å². The third-order valence-corrected chi connectivity index (χ3v) is 5.50. The highest BCUT2D eigenvalue weighted by molar-refractivity contribution is 9.11. The number of aryl methyl sites for hydroxylation is 1. The van der Waals surface area contributed by atoms with Gasteiger partial charge in [-0.1, -0.05) is 24.6 Å². The number of ketones is 1. The van der Waals surface area contributed by atoms with Gasteiger partial charge in [0.05, 0.1) is 21.6 Å². The molecule has 0 aliphatic heterocycles. The second kappa shape index (κ2) is 7.72. The lowest BCUT2D eigenvalue weighted by atomic mass is 9.98. The summed E-state index contributed by atoms with van der Waals surface area (Å²) in [6.07, 6.45) is 0.563. The van der Waals surface area contributed by atoms with Gasteiger partial charge in [0.2, 0.25) is 0 Å². The van der Waals surface area contributed by atoms with Gasteiger partial charge in [-0.25, -0.2) is 0 Å². The number of methoxy groups -OCH3 is 1. The molecule has 0 aliphatic carbocycles. The fourth-order valence-corrected chi connectivity index (χ4v) is 4.49. The summed E-state index contributed by atoms with van der Waals surface area (Å²) in [6.45, 7) is 1.92. The number of rotatable bonds is 5. The highest BCUT2D eigenvalue weighted by atomic mass is 79.9. The minimum absolute atomic E-state index is 0.149. The SMILES string of the molecule is CCc1oc2cc(C(O)Cl)ccc2c1C(=O)c1cc(Br)c(OC)c(Br)c1. The second-order valence-corrected chi connectivity index (χ2v) is 7.77. The number of aliphatic hydroxyl groups excluding tert-OH is 1. The number of carbonyl (C=O) groups is 1. The Labute approximate surface area is 172 Å². The Balaban J connectivity index is 2.16. The zero-order valence-electron chi connectivity index (χ0n) is 14.0. The predicted molar refractivity (Wildman–Crippen MR) is 108 cm³/mol. The van der Waals surface area contributed by atoms with Crippen LogP contribution in [0.5, 0.6) is 5.75 Å². The summed E-state index contributed by atoms with van der Waals surface area (Å²) in [4.78, 5) is 13.2. The molecule has 0 fully saturated rings. The first kappa shape index (κ1) is 19.4. The topological polar surface area (TPSA) is 59.7 Å². The van der Waals surface area contributed by atoms with Crippen LogP contribution in [0.15, 0.2) is 43.7 Å². The van der Waals surface area contributed by atoms with E-state index in [1.807, 2.05) is 6.92 Å². The zero-order valence-corrected chi connectivity index (χ0v) is 17.9. The van der Waals surface area contributed by atoms with E-state index >= 15 is 0 Å². The number of hydrogen-bond donors (Lipinski definition) is 1. The molecule has 0 bridgehead atoms. The quantitative estimate of drug-likeness (QED) is 0.344. The number of furan rings is 1. The van der Waals surface area contributed by atoms with Crippen molar-refractivity contribution >= 4 is 60.2 Å². The molecule has 136 valence electrons. The first-order valence-corrected chi connectivity index (χ1v) is 9.84. The van der Waals surface area contributed by atoms with E-state index in [2.05, 4.69) is 31.9 Å². The lowest BCUT2D eigenvalue weighted by molar-refractivity contribution is 0.103. The number of ether oxygens (including phenoxy) is 1. The fourth-order valence-electron chi connectivity index (χ4n) is 2.84. The van der Waals surface area contributed by atoms with Crippen LogP contribution in [0, 0.1) is 0 Å². The first-order chi connectivity index (χ1) is 12.4. The Kier molecular flexibility index (Phi) is 5.77. The van der Waals surface area contributed by atoms with Crippen molar-refractivity contribution in [1.29, 1.82) is 0 Å². The molecule has 0 saturated heterocycles. The molecule has 0 spiro atoms. The number of alkyl halides is 1. The Morgan fingerprint density at radius 1 is 1.27 bits per heavy atom. The summed E-state index contributed by atoms with van der Waals surface area (Å²) in [5.41, 5.74) is 0.936. The van der Waals surface area contributed by atoms with Crippen LogP contribution in [-0.4, -0.2) is 18.0 Å². The number of fused-ring (bicyclic) bond motifs is 1. The lowest BCUT2D eigenvalue weighted by Gasteiger charge is -2.09. The number of carbonyl (C=O) groups excluding carboxylic acids is 1. The summed E-state index contributed by atoms with van der Waals surface area (Å²) >= 11 is 12.6. The number of hydrogen-bond acceptors (Lipinski definition) is 4. The summed E-state index contributed by atoms with van der Waals surface area (Å²) < 4.78 is 12.5. The van der Waals surface area contributed by atoms with Crippen molar-refractivity contribution in [2.75, 3.05) is 7.11 Å². The molecule has 0 radical (unpaired) electrons. The van der Waals surface area contributed by atoms with Gasteiger partial charge in [-0.15, -0.1) is 0 Å². The smallest absolute Gasteiger partial charge is 0.197 e. The molecule has 4 nitrogen and oxygen atoms in total. The molecule has 1 aromatic heterocycles. The molecule has 1 atom stereocenters. The molecule has 26 heavy (non-hydrogen) atoms. The summed E-state index contributed by atoms with van der Waals surface area (Å²) in [5, 5.41) is 10.2. The maximum absolute atomic E-state index is 13.2. The Bertz CT molecular complexity index is 972. The molecule has 1 unspecified atom stereocenters. The molecule has 2 aromatic carbocycles. The van der Waals surface area contributed by atoms with Gasteiger partial charge in [0.15, 0.2) is 11.3 Å². The van der Waals surface area contributed by atoms with Crippen LogP contribution in [-0.2, 0) is 6.42 Å². The Hall–Kier alpha value is -1.34. The minimum atomic E-state index is -1.12. The molecule has 7 heteroatoms. The first-order valence-electron chi connectivity index (χ1n) is 7.82. The Morgan fingerprint density at radius 2 is 1.92 bits per heavy atom. The van der Waals surface area contributed by atoms with Crippen molar-refractivity contribution in [3.63, 3.8) is 0 Å². The van der Waals surface area contributed by atoms with Gasteiger partial charge in [0, 0.05) is 17.4 Å². The zero-order chi connectivity index (χ0) is 19.0. The molecule has 3 aromatic rings. The molecular formula is C19H15Br2ClO4. The fraction of sp³-hybridized carbons (Fsp3) is 0.211. The van der Waals surface area contributed by atoms with Crippen LogP contribution >= 0.6 is 43.5 Å². The van der Waals surface area contributed by atoms with Crippen LogP contribution in [0.25, 0.3) is 11.0 Å². The maximum Gasteiger partial charge on any atom is 0.197 e. The largest absolute Gasteiger partial charge is 0.494 e. The maximum atomic E-state index is 13.2. The summed E-state index contributed by atoms with van der Waals surface area (Å²) in [5.74, 6) is 1.06. The van der Waals surface area contributed by atoms with Crippen LogP contribution < -0.4 is 4.74 Å². The van der Waals surface area contributed by atoms with Crippen molar-refractivity contribution in [2.45, 2.75) is 18.9 Å². The van der Waals surface area contributed by atoms with E-state index < -0.39 is 5.56 Å². The van der Waals surface area contributed by atoms with Gasteiger partial charge in [-0.3, -0.25) is 4.79 Å². The van der Waals surface area contributed by atoms with E-state index in [1.165, 1.54) is 0 Å². The molecule has 3 rings (SSSR count). The minimum Gasteiger partial charge on any atom is -0.494 e. The second-order valence-electron chi connectivity index (χ2n) is 5.65. The number of halogens is 3. The van der Waals surface area contributed by atoms with Crippen molar-refractivity contribution in [3.8, 4) is 5.75 Å². The van der Waals surface area contributed by atoms with Crippen LogP contribution in [0.1, 0.15) is 39.7 Å². The van der Waals surface area contributed by atoms with Gasteiger partial charge in [-0.05, 0) is 61.7 Å². The van der Waals surface area contributed by atoms with E-state index in [0.717, 1.165) is 0 Å². The molecule has 0 aliphatic rings. The van der Waals surface area contributed by atoms with E-state index in [4.69, 9.17) is 20.8 Å². The van der Waals surface area contributed by atoms with Crippen molar-refractivity contribution < 1.29 is 19.1 Å². The van der Waals surface area contributed by atoms with Crippen molar-refractivity contribution in [2.24, 2.45) is 0 Å². The van der Waals surface area contributed by atoms with Gasteiger partial charge in [0.25, 0.3) is 0 Å². The average molecular weight is 503 g/mol. The van der Waals surface area contributed by atoms with Crippen LogP contribution in [0.3, 0.4) is 0 Å². The molecule has 0 amide bonds. The average Bonchev–Trinajstić information content (AvgIpc) is 2.98. The van der Waals surface area contributed by atoms with Gasteiger partial charge >= 0.3 is 0 Å². The number of benzene rings is 2. The Morgan fingerprint density at radius 3 is 2.46 bits per heavy atom. The van der Waals surface area contributed by atoms with Crippen molar-refractivity contribution in [1.82, 2.24) is 0 Å². The monoisotopic (exact) mass is 500 g/mol. The highest BCUT2D eigenvalue weighted by Gasteiger charge is 2.23. The van der Waals surface area contributed by atoms with Crippen molar-refractivity contribution in [3.05, 3.63) is 61.7 Å². The van der Waals surface area contributed by atoms with Crippen LogP contribution in [0.2, 0.25) is 0 Å².